The van der Waals surface area contributed by atoms with Crippen molar-refractivity contribution in [1.29, 1.82) is 0 Å². The molecule has 15 heavy (non-hydrogen) atoms. The smallest absolute Gasteiger partial charge is 0.254 e. The number of carbonyl (C=O) groups is 1. The molecule has 0 radical (unpaired) electrons. The van der Waals surface area contributed by atoms with Crippen LogP contribution in [0.1, 0.15) is 17.3 Å². The van der Waals surface area contributed by atoms with E-state index in [1.54, 1.807) is 6.92 Å². The number of benzene rings is 1. The Morgan fingerprint density at radius 3 is 2.73 bits per heavy atom. The highest BCUT2D eigenvalue weighted by Crippen LogP contribution is 2.09. The van der Waals surface area contributed by atoms with Gasteiger partial charge < -0.3 is 10.4 Å². The zero-order valence-electron chi connectivity index (χ0n) is 8.13. The van der Waals surface area contributed by atoms with Crippen molar-refractivity contribution in [2.45, 2.75) is 13.0 Å². The van der Waals surface area contributed by atoms with Gasteiger partial charge in [0.1, 0.15) is 11.6 Å². The summed E-state index contributed by atoms with van der Waals surface area (Å²) in [5.74, 6) is -2.33. The summed E-state index contributed by atoms with van der Waals surface area (Å²) < 4.78 is 25.6. The second kappa shape index (κ2) is 4.84. The molecular weight excluding hydrogens is 204 g/mol. The van der Waals surface area contributed by atoms with Crippen LogP contribution in [-0.4, -0.2) is 23.7 Å². The van der Waals surface area contributed by atoms with Crippen LogP contribution in [0.5, 0.6) is 0 Å². The molecule has 5 heteroatoms. The maximum atomic E-state index is 13.1. The fourth-order valence-electron chi connectivity index (χ4n) is 1.02. The summed E-state index contributed by atoms with van der Waals surface area (Å²) in [5, 5.41) is 11.0. The number of rotatable bonds is 3. The Morgan fingerprint density at radius 1 is 1.53 bits per heavy atom. The van der Waals surface area contributed by atoms with Crippen molar-refractivity contribution in [1.82, 2.24) is 5.32 Å². The minimum Gasteiger partial charge on any atom is -0.394 e. The van der Waals surface area contributed by atoms with E-state index >= 15 is 0 Å². The molecule has 0 saturated carbocycles. The minimum absolute atomic E-state index is 0.239. The number of carbonyl (C=O) groups excluding carboxylic acids is 1. The Kier molecular flexibility index (Phi) is 3.74. The van der Waals surface area contributed by atoms with Gasteiger partial charge in [0.05, 0.1) is 12.2 Å². The van der Waals surface area contributed by atoms with E-state index in [-0.39, 0.29) is 12.2 Å². The summed E-state index contributed by atoms with van der Waals surface area (Å²) >= 11 is 0. The number of amides is 1. The Hall–Kier alpha value is -1.49. The summed E-state index contributed by atoms with van der Waals surface area (Å²) in [4.78, 5) is 11.4. The van der Waals surface area contributed by atoms with E-state index in [0.717, 1.165) is 12.1 Å². The van der Waals surface area contributed by atoms with Crippen molar-refractivity contribution >= 4 is 5.91 Å². The Labute approximate surface area is 85.7 Å². The number of halogens is 2. The number of aliphatic hydroxyl groups is 1. The van der Waals surface area contributed by atoms with Crippen LogP contribution >= 0.6 is 0 Å². The lowest BCUT2D eigenvalue weighted by Crippen LogP contribution is -2.35. The van der Waals surface area contributed by atoms with Crippen LogP contribution in [0.3, 0.4) is 0 Å². The molecular formula is C10H11F2NO2. The summed E-state index contributed by atoms with van der Waals surface area (Å²) in [6.45, 7) is 1.33. The van der Waals surface area contributed by atoms with Crippen molar-refractivity contribution in [2.75, 3.05) is 6.61 Å². The first kappa shape index (κ1) is 11.6. The van der Waals surface area contributed by atoms with Crippen LogP contribution in [0.2, 0.25) is 0 Å². The van der Waals surface area contributed by atoms with Gasteiger partial charge in [-0.3, -0.25) is 4.79 Å². The summed E-state index contributed by atoms with van der Waals surface area (Å²) in [6, 6.07) is 2.23. The number of hydrogen-bond donors (Lipinski definition) is 2. The largest absolute Gasteiger partial charge is 0.394 e. The maximum absolute atomic E-state index is 13.1. The SMILES string of the molecule is C[C@@H](CO)NC(=O)c1ccc(F)cc1F. The third kappa shape index (κ3) is 2.99. The van der Waals surface area contributed by atoms with Crippen LogP contribution in [0.15, 0.2) is 18.2 Å². The van der Waals surface area contributed by atoms with Crippen molar-refractivity contribution in [2.24, 2.45) is 0 Å². The number of nitrogens with one attached hydrogen (secondary N) is 1. The minimum atomic E-state index is -0.919. The molecule has 1 amide bonds. The molecule has 2 N–H and O–H groups in total. The summed E-state index contributed by atoms with van der Waals surface area (Å²) in [5.41, 5.74) is -0.239. The lowest BCUT2D eigenvalue weighted by atomic mass is 10.2. The molecule has 3 nitrogen and oxygen atoms in total. The average Bonchev–Trinajstić information content (AvgIpc) is 2.17. The molecule has 1 aromatic rings. The Balaban J connectivity index is 2.82. The van der Waals surface area contributed by atoms with Gasteiger partial charge >= 0.3 is 0 Å². The summed E-state index contributed by atoms with van der Waals surface area (Å²) in [7, 11) is 0. The molecule has 0 aliphatic rings. The van der Waals surface area contributed by atoms with E-state index in [1.165, 1.54) is 0 Å². The van der Waals surface area contributed by atoms with E-state index < -0.39 is 23.6 Å². The molecule has 0 aliphatic heterocycles. The zero-order chi connectivity index (χ0) is 11.4. The molecule has 0 spiro atoms. The molecule has 0 unspecified atom stereocenters. The average molecular weight is 215 g/mol. The third-order valence-corrected chi connectivity index (χ3v) is 1.83. The second-order valence-corrected chi connectivity index (χ2v) is 3.18. The lowest BCUT2D eigenvalue weighted by molar-refractivity contribution is 0.0918. The van der Waals surface area contributed by atoms with Gasteiger partial charge in [0.15, 0.2) is 0 Å². The molecule has 0 fully saturated rings. The summed E-state index contributed by atoms with van der Waals surface area (Å²) in [6.07, 6.45) is 0. The highest BCUT2D eigenvalue weighted by Gasteiger charge is 2.13. The van der Waals surface area contributed by atoms with Crippen molar-refractivity contribution in [3.05, 3.63) is 35.4 Å². The van der Waals surface area contributed by atoms with E-state index in [9.17, 15) is 13.6 Å². The van der Waals surface area contributed by atoms with E-state index in [0.29, 0.717) is 6.07 Å². The van der Waals surface area contributed by atoms with Crippen LogP contribution in [-0.2, 0) is 0 Å². The van der Waals surface area contributed by atoms with Gasteiger partial charge in [-0.1, -0.05) is 0 Å². The Morgan fingerprint density at radius 2 is 2.20 bits per heavy atom. The predicted molar refractivity (Wildman–Crippen MR) is 50.4 cm³/mol. The van der Waals surface area contributed by atoms with Crippen molar-refractivity contribution < 1.29 is 18.7 Å². The lowest BCUT2D eigenvalue weighted by Gasteiger charge is -2.10. The van der Waals surface area contributed by atoms with Gasteiger partial charge in [0, 0.05) is 12.1 Å². The molecule has 0 aromatic heterocycles. The first-order valence-corrected chi connectivity index (χ1v) is 4.41. The monoisotopic (exact) mass is 215 g/mol. The normalized spacial score (nSPS) is 12.3. The van der Waals surface area contributed by atoms with Gasteiger partial charge in [-0.2, -0.15) is 0 Å². The molecule has 0 saturated heterocycles. The van der Waals surface area contributed by atoms with E-state index in [1.807, 2.05) is 0 Å². The fraction of sp³-hybridized carbons (Fsp3) is 0.300. The molecule has 1 atom stereocenters. The Bertz CT molecular complexity index is 368. The van der Waals surface area contributed by atoms with Crippen molar-refractivity contribution in [3.63, 3.8) is 0 Å². The van der Waals surface area contributed by atoms with Crippen LogP contribution in [0, 0.1) is 11.6 Å². The van der Waals surface area contributed by atoms with E-state index in [4.69, 9.17) is 5.11 Å². The molecule has 82 valence electrons. The standard InChI is InChI=1S/C10H11F2NO2/c1-6(5-14)13-10(15)8-3-2-7(11)4-9(8)12/h2-4,6,14H,5H2,1H3,(H,13,15)/t6-/m0/s1. The van der Waals surface area contributed by atoms with Crippen LogP contribution in [0.25, 0.3) is 0 Å². The van der Waals surface area contributed by atoms with Gasteiger partial charge in [0.2, 0.25) is 0 Å². The highest BCUT2D eigenvalue weighted by molar-refractivity contribution is 5.94. The molecule has 0 bridgehead atoms. The maximum Gasteiger partial charge on any atom is 0.254 e. The third-order valence-electron chi connectivity index (χ3n) is 1.83. The van der Waals surface area contributed by atoms with Crippen LogP contribution in [0.4, 0.5) is 8.78 Å². The molecule has 0 heterocycles. The molecule has 1 aromatic carbocycles. The van der Waals surface area contributed by atoms with E-state index in [2.05, 4.69) is 5.32 Å². The zero-order valence-corrected chi connectivity index (χ0v) is 8.13. The first-order chi connectivity index (χ1) is 7.04. The van der Waals surface area contributed by atoms with Gasteiger partial charge in [-0.25, -0.2) is 8.78 Å². The molecule has 0 aliphatic carbocycles. The highest BCUT2D eigenvalue weighted by atomic mass is 19.1. The quantitative estimate of drug-likeness (QED) is 0.792. The number of aliphatic hydroxyl groups excluding tert-OH is 1. The van der Waals surface area contributed by atoms with Crippen molar-refractivity contribution in [3.8, 4) is 0 Å². The second-order valence-electron chi connectivity index (χ2n) is 3.18. The first-order valence-electron chi connectivity index (χ1n) is 4.41. The van der Waals surface area contributed by atoms with Crippen LogP contribution < -0.4 is 5.32 Å². The number of hydrogen-bond acceptors (Lipinski definition) is 2. The fourth-order valence-corrected chi connectivity index (χ4v) is 1.02. The van der Waals surface area contributed by atoms with Gasteiger partial charge in [-0.15, -0.1) is 0 Å². The van der Waals surface area contributed by atoms with Gasteiger partial charge in [0.25, 0.3) is 5.91 Å². The predicted octanol–water partition coefficient (Wildman–Crippen LogP) is 1.08. The molecule has 1 rings (SSSR count). The topological polar surface area (TPSA) is 49.3 Å². The van der Waals surface area contributed by atoms with Gasteiger partial charge in [-0.05, 0) is 19.1 Å².